The zero-order valence-electron chi connectivity index (χ0n) is 12.5. The van der Waals surface area contributed by atoms with Crippen LogP contribution < -0.4 is 5.14 Å². The number of fused-ring (bicyclic) bond motifs is 1. The van der Waals surface area contributed by atoms with Gasteiger partial charge in [-0.25, -0.2) is 18.4 Å². The highest BCUT2D eigenvalue weighted by atomic mass is 32.2. The molecule has 3 rings (SSSR count). The molecule has 2 fully saturated rings. The Morgan fingerprint density at radius 2 is 1.65 bits per heavy atom. The van der Waals surface area contributed by atoms with Crippen LogP contribution in [0.25, 0.3) is 0 Å². The molecule has 9 nitrogen and oxygen atoms in total. The molecule has 3 N–H and O–H groups in total. The number of aromatic nitrogens is 1. The zero-order chi connectivity index (χ0) is 16.9. The zero-order valence-corrected chi connectivity index (χ0v) is 13.4. The Morgan fingerprint density at radius 1 is 1.13 bits per heavy atom. The number of primary sulfonamides is 1. The fourth-order valence-electron chi connectivity index (χ4n) is 3.47. The molecule has 1 aromatic rings. The van der Waals surface area contributed by atoms with Gasteiger partial charge in [0.2, 0.25) is 0 Å². The van der Waals surface area contributed by atoms with Crippen LogP contribution in [0.4, 0.5) is 4.79 Å². The molecular formula is C13H18N4O5S. The fraction of sp³-hybridized carbons (Fsp3) is 0.538. The molecule has 0 aliphatic carbocycles. The predicted molar refractivity (Wildman–Crippen MR) is 79.3 cm³/mol. The maximum Gasteiger partial charge on any atom is 0.407 e. The van der Waals surface area contributed by atoms with E-state index in [2.05, 4.69) is 0 Å². The Morgan fingerprint density at radius 3 is 2.09 bits per heavy atom. The number of carbonyl (C=O) groups excluding carboxylic acids is 1. The van der Waals surface area contributed by atoms with Crippen molar-refractivity contribution >= 4 is 22.0 Å². The second-order valence-corrected chi connectivity index (χ2v) is 7.59. The molecule has 0 bridgehead atoms. The van der Waals surface area contributed by atoms with Gasteiger partial charge < -0.3 is 19.5 Å². The van der Waals surface area contributed by atoms with Crippen LogP contribution in [0.15, 0.2) is 17.2 Å². The third-order valence-electron chi connectivity index (χ3n) is 4.63. The number of nitrogens with two attached hydrogens (primary N) is 1. The molecule has 3 heterocycles. The summed E-state index contributed by atoms with van der Waals surface area (Å²) in [5, 5.41) is 14.0. The molecule has 2 aliphatic rings. The van der Waals surface area contributed by atoms with Gasteiger partial charge in [-0.1, -0.05) is 0 Å². The van der Waals surface area contributed by atoms with Gasteiger partial charge in [0.1, 0.15) is 5.69 Å². The summed E-state index contributed by atoms with van der Waals surface area (Å²) >= 11 is 0. The summed E-state index contributed by atoms with van der Waals surface area (Å²) in [4.78, 5) is 26.6. The number of hydrogen-bond donors (Lipinski definition) is 2. The lowest BCUT2D eigenvalue weighted by Gasteiger charge is -2.20. The van der Waals surface area contributed by atoms with Gasteiger partial charge in [0.15, 0.2) is 5.03 Å². The summed E-state index contributed by atoms with van der Waals surface area (Å²) in [5.74, 6) is -0.000246. The number of nitrogens with zero attached hydrogens (tertiary/aromatic N) is 3. The van der Waals surface area contributed by atoms with Crippen LogP contribution in [0.1, 0.15) is 10.5 Å². The number of rotatable bonds is 2. The Kier molecular flexibility index (Phi) is 3.60. The van der Waals surface area contributed by atoms with Gasteiger partial charge in [0.25, 0.3) is 15.9 Å². The van der Waals surface area contributed by atoms with Gasteiger partial charge in [-0.3, -0.25) is 4.79 Å². The minimum Gasteiger partial charge on any atom is -0.465 e. The van der Waals surface area contributed by atoms with Gasteiger partial charge in [0, 0.05) is 45.1 Å². The number of hydrogen-bond acceptors (Lipinski definition) is 4. The van der Waals surface area contributed by atoms with Crippen molar-refractivity contribution in [1.82, 2.24) is 14.4 Å². The average Bonchev–Trinajstić information content (AvgIpc) is 3.08. The first-order chi connectivity index (χ1) is 10.7. The molecule has 2 aliphatic heterocycles. The Bertz CT molecular complexity index is 757. The third kappa shape index (κ3) is 2.68. The lowest BCUT2D eigenvalue weighted by Crippen LogP contribution is -2.35. The molecule has 2 amide bonds. The second-order valence-electron chi connectivity index (χ2n) is 6.08. The van der Waals surface area contributed by atoms with Crippen LogP contribution in [0.3, 0.4) is 0 Å². The normalized spacial score (nSPS) is 24.1. The van der Waals surface area contributed by atoms with Crippen molar-refractivity contribution in [2.45, 2.75) is 5.03 Å². The van der Waals surface area contributed by atoms with E-state index in [1.165, 1.54) is 28.6 Å². The molecule has 2 atom stereocenters. The molecular weight excluding hydrogens is 324 g/mol. The number of carbonyl (C=O) groups is 2. The topological polar surface area (TPSA) is 126 Å². The van der Waals surface area contributed by atoms with E-state index in [1.54, 1.807) is 4.90 Å². The number of sulfonamides is 1. The minimum atomic E-state index is -3.88. The van der Waals surface area contributed by atoms with Crippen molar-refractivity contribution in [3.05, 3.63) is 17.8 Å². The Labute approximate surface area is 133 Å². The highest BCUT2D eigenvalue weighted by molar-refractivity contribution is 7.89. The van der Waals surface area contributed by atoms with E-state index in [-0.39, 0.29) is 28.5 Å². The number of likely N-dealkylation sites (tertiary alicyclic amines) is 2. The van der Waals surface area contributed by atoms with Crippen molar-refractivity contribution in [2.24, 2.45) is 24.0 Å². The van der Waals surface area contributed by atoms with Gasteiger partial charge >= 0.3 is 6.09 Å². The molecule has 0 saturated carbocycles. The standard InChI is InChI=1S/C13H18N4O5S/c1-15-10(2-3-11(15)23(14,21)22)12(18)16-4-8-6-17(13(19)20)7-9(8)5-16/h2-3,8-9H,4-7H2,1H3,(H,19,20)(H2,14,21,22)/t8-,9-/m0/s1. The van der Waals surface area contributed by atoms with E-state index in [4.69, 9.17) is 10.2 Å². The van der Waals surface area contributed by atoms with Gasteiger partial charge in [-0.05, 0) is 12.1 Å². The molecule has 0 spiro atoms. The van der Waals surface area contributed by atoms with Crippen LogP contribution in [-0.2, 0) is 17.1 Å². The molecule has 0 radical (unpaired) electrons. The Hall–Kier alpha value is -2.07. The SMILES string of the molecule is Cn1c(C(=O)N2C[C@H]3CN(C(=O)O)C[C@@H]3C2)ccc1S(N)(=O)=O. The van der Waals surface area contributed by atoms with Crippen molar-refractivity contribution in [3.63, 3.8) is 0 Å². The van der Waals surface area contributed by atoms with E-state index >= 15 is 0 Å². The summed E-state index contributed by atoms with van der Waals surface area (Å²) in [6.45, 7) is 1.81. The Balaban J connectivity index is 1.75. The predicted octanol–water partition coefficient (Wildman–Crippen LogP) is -0.646. The van der Waals surface area contributed by atoms with Crippen molar-refractivity contribution < 1.29 is 23.1 Å². The van der Waals surface area contributed by atoms with Gasteiger partial charge in [-0.15, -0.1) is 0 Å². The third-order valence-corrected chi connectivity index (χ3v) is 5.62. The van der Waals surface area contributed by atoms with Crippen LogP contribution >= 0.6 is 0 Å². The summed E-state index contributed by atoms with van der Waals surface area (Å²) in [6.07, 6.45) is -0.933. The average molecular weight is 342 g/mol. The van der Waals surface area contributed by atoms with E-state index in [1.807, 2.05) is 0 Å². The van der Waals surface area contributed by atoms with E-state index in [0.717, 1.165) is 0 Å². The summed E-state index contributed by atoms with van der Waals surface area (Å²) in [5.41, 5.74) is 0.254. The molecule has 1 aromatic heterocycles. The first-order valence-corrected chi connectivity index (χ1v) is 8.68. The fourth-order valence-corrected chi connectivity index (χ4v) is 4.21. The quantitative estimate of drug-likeness (QED) is 0.739. The largest absolute Gasteiger partial charge is 0.465 e. The highest BCUT2D eigenvalue weighted by Gasteiger charge is 2.43. The number of carboxylic acid groups (broad SMARTS) is 1. The minimum absolute atomic E-state index is 0.114. The summed E-state index contributed by atoms with van der Waals surface area (Å²) in [6, 6.07) is 2.76. The van der Waals surface area contributed by atoms with Gasteiger partial charge in [0.05, 0.1) is 0 Å². The van der Waals surface area contributed by atoms with E-state index in [0.29, 0.717) is 26.2 Å². The lowest BCUT2D eigenvalue weighted by molar-refractivity contribution is 0.0764. The maximum atomic E-state index is 12.6. The monoisotopic (exact) mass is 342 g/mol. The first kappa shape index (κ1) is 15.8. The van der Waals surface area contributed by atoms with Crippen molar-refractivity contribution in [1.29, 1.82) is 0 Å². The van der Waals surface area contributed by atoms with Gasteiger partial charge in [-0.2, -0.15) is 0 Å². The molecule has 0 unspecified atom stereocenters. The molecule has 10 heteroatoms. The molecule has 2 saturated heterocycles. The summed E-state index contributed by atoms with van der Waals surface area (Å²) < 4.78 is 24.2. The van der Waals surface area contributed by atoms with E-state index in [9.17, 15) is 18.0 Å². The van der Waals surface area contributed by atoms with Crippen molar-refractivity contribution in [3.8, 4) is 0 Å². The summed E-state index contributed by atoms with van der Waals surface area (Å²) in [7, 11) is -2.40. The molecule has 0 aromatic carbocycles. The van der Waals surface area contributed by atoms with E-state index < -0.39 is 16.1 Å². The van der Waals surface area contributed by atoms with Crippen LogP contribution in [0, 0.1) is 11.8 Å². The molecule has 23 heavy (non-hydrogen) atoms. The second kappa shape index (κ2) is 5.24. The first-order valence-electron chi connectivity index (χ1n) is 7.14. The smallest absolute Gasteiger partial charge is 0.407 e. The van der Waals surface area contributed by atoms with Crippen LogP contribution in [-0.4, -0.2) is 66.1 Å². The van der Waals surface area contributed by atoms with Crippen LogP contribution in [0.2, 0.25) is 0 Å². The maximum absolute atomic E-state index is 12.6. The number of amides is 2. The highest BCUT2D eigenvalue weighted by Crippen LogP contribution is 2.32. The van der Waals surface area contributed by atoms with Crippen molar-refractivity contribution in [2.75, 3.05) is 26.2 Å². The lowest BCUT2D eigenvalue weighted by atomic mass is 10.0. The van der Waals surface area contributed by atoms with Crippen LogP contribution in [0.5, 0.6) is 0 Å². The molecule has 126 valence electrons.